The Bertz CT molecular complexity index is 121. The molecule has 1 aliphatic rings. The third-order valence-corrected chi connectivity index (χ3v) is 8.21. The fraction of sp³-hybridized carbons (Fsp3) is 0.800. The Kier molecular flexibility index (Phi) is 3.37. The molecule has 0 amide bonds. The summed E-state index contributed by atoms with van der Waals surface area (Å²) in [5.41, 5.74) is 2.35. The summed E-state index contributed by atoms with van der Waals surface area (Å²) >= 11 is 0. The van der Waals surface area contributed by atoms with Crippen LogP contribution in [0.1, 0.15) is 32.6 Å². The normalized spacial score (nSPS) is 24.1. The van der Waals surface area contributed by atoms with E-state index in [0.717, 1.165) is 0 Å². The van der Waals surface area contributed by atoms with Gasteiger partial charge in [-0.3, -0.25) is 0 Å². The lowest BCUT2D eigenvalue weighted by atomic mass is 10.2. The van der Waals surface area contributed by atoms with Crippen molar-refractivity contribution >= 4 is 8.07 Å². The van der Waals surface area contributed by atoms with Gasteiger partial charge in [0.05, 0.1) is 8.07 Å². The van der Waals surface area contributed by atoms with Gasteiger partial charge in [0.15, 0.2) is 0 Å². The molecule has 0 aliphatic carbocycles. The van der Waals surface area contributed by atoms with Crippen molar-refractivity contribution in [1.82, 2.24) is 0 Å². The van der Waals surface area contributed by atoms with Gasteiger partial charge in [-0.1, -0.05) is 50.7 Å². The molecule has 1 heteroatoms. The summed E-state index contributed by atoms with van der Waals surface area (Å²) in [5.74, 6) is 0. The molecule has 0 bridgehead atoms. The summed E-state index contributed by atoms with van der Waals surface area (Å²) < 4.78 is 0. The van der Waals surface area contributed by atoms with Gasteiger partial charge < -0.3 is 0 Å². The molecule has 1 rings (SSSR count). The molecule has 0 spiro atoms. The number of rotatable bonds is 2. The third kappa shape index (κ3) is 2.19. The molecular formula is C10H20Si. The Hall–Kier alpha value is -0.0431. The number of hydrogen-bond acceptors (Lipinski definition) is 0. The van der Waals surface area contributed by atoms with Crippen molar-refractivity contribution in [2.75, 3.05) is 0 Å². The fourth-order valence-corrected chi connectivity index (χ4v) is 5.70. The van der Waals surface area contributed by atoms with Crippen LogP contribution in [-0.2, 0) is 0 Å². The van der Waals surface area contributed by atoms with Gasteiger partial charge in [0.25, 0.3) is 0 Å². The summed E-state index contributed by atoms with van der Waals surface area (Å²) in [7, 11) is -0.917. The first-order valence-corrected chi connectivity index (χ1v) is 7.66. The van der Waals surface area contributed by atoms with Crippen LogP contribution in [0.4, 0.5) is 0 Å². The maximum absolute atomic E-state index is 4.03. The zero-order valence-electron chi connectivity index (χ0n) is 7.73. The zero-order valence-corrected chi connectivity index (χ0v) is 8.73. The molecule has 1 aliphatic heterocycles. The molecule has 1 saturated heterocycles. The van der Waals surface area contributed by atoms with E-state index in [9.17, 15) is 0 Å². The second kappa shape index (κ2) is 4.10. The van der Waals surface area contributed by atoms with Crippen LogP contribution in [0.15, 0.2) is 12.3 Å². The maximum atomic E-state index is 4.03. The van der Waals surface area contributed by atoms with E-state index >= 15 is 0 Å². The highest BCUT2D eigenvalue weighted by molar-refractivity contribution is 6.84. The molecule has 0 aromatic heterocycles. The third-order valence-electron chi connectivity index (χ3n) is 3.24. The lowest BCUT2D eigenvalue weighted by Crippen LogP contribution is -2.29. The molecule has 1 fully saturated rings. The summed E-state index contributed by atoms with van der Waals surface area (Å²) in [4.78, 5) is 0. The van der Waals surface area contributed by atoms with E-state index in [2.05, 4.69) is 19.2 Å². The highest BCUT2D eigenvalue weighted by Gasteiger charge is 2.27. The van der Waals surface area contributed by atoms with Crippen molar-refractivity contribution < 1.29 is 0 Å². The zero-order chi connectivity index (χ0) is 8.16. The minimum absolute atomic E-state index is 0.917. The van der Waals surface area contributed by atoms with E-state index < -0.39 is 8.07 Å². The average Bonchev–Trinajstić information content (AvgIpc) is 2.30. The smallest absolute Gasteiger partial charge is 0.0767 e. The van der Waals surface area contributed by atoms with Crippen molar-refractivity contribution in [3.05, 3.63) is 12.3 Å². The van der Waals surface area contributed by atoms with Crippen LogP contribution in [0.3, 0.4) is 0 Å². The predicted molar refractivity (Wildman–Crippen MR) is 54.5 cm³/mol. The molecule has 1 heterocycles. The van der Waals surface area contributed by atoms with Gasteiger partial charge in [-0.2, -0.15) is 0 Å². The summed E-state index contributed by atoms with van der Waals surface area (Å²) in [6.07, 6.45) is 5.91. The molecule has 0 nitrogen and oxygen atoms in total. The van der Waals surface area contributed by atoms with E-state index in [0.29, 0.717) is 0 Å². The van der Waals surface area contributed by atoms with Crippen LogP contribution in [0, 0.1) is 0 Å². The second-order valence-corrected chi connectivity index (χ2v) is 8.67. The Morgan fingerprint density at radius 2 is 1.73 bits per heavy atom. The van der Waals surface area contributed by atoms with Crippen LogP contribution in [0.5, 0.6) is 0 Å². The van der Waals surface area contributed by atoms with Gasteiger partial charge in [0, 0.05) is 0 Å². The molecule has 11 heavy (non-hydrogen) atoms. The molecule has 0 N–H and O–H groups in total. The standard InChI is InChI=1S/C10H20Si/c1-3-11(4-2)9-7-5-6-8-10-11/h3H,1,4-10H2,2H3. The molecule has 0 aromatic carbocycles. The molecule has 0 saturated carbocycles. The fourth-order valence-electron chi connectivity index (χ4n) is 2.13. The van der Waals surface area contributed by atoms with Gasteiger partial charge in [0.2, 0.25) is 0 Å². The van der Waals surface area contributed by atoms with E-state index in [1.165, 1.54) is 43.8 Å². The van der Waals surface area contributed by atoms with Crippen LogP contribution in [0.25, 0.3) is 0 Å². The molecule has 0 atom stereocenters. The van der Waals surface area contributed by atoms with Crippen LogP contribution < -0.4 is 0 Å². The van der Waals surface area contributed by atoms with Crippen molar-refractivity contribution in [1.29, 1.82) is 0 Å². The first kappa shape index (κ1) is 9.05. The summed E-state index contributed by atoms with van der Waals surface area (Å²) in [6, 6.07) is 4.47. The lowest BCUT2D eigenvalue weighted by molar-refractivity contribution is 0.720. The second-order valence-electron chi connectivity index (χ2n) is 3.83. The Balaban J connectivity index is 2.55. The minimum Gasteiger partial charge on any atom is -0.107 e. The van der Waals surface area contributed by atoms with E-state index in [4.69, 9.17) is 0 Å². The van der Waals surface area contributed by atoms with Crippen molar-refractivity contribution in [3.8, 4) is 0 Å². The van der Waals surface area contributed by atoms with Gasteiger partial charge >= 0.3 is 0 Å². The average molecular weight is 168 g/mol. The first-order chi connectivity index (χ1) is 5.33. The molecule has 0 radical (unpaired) electrons. The lowest BCUT2D eigenvalue weighted by Gasteiger charge is -2.24. The van der Waals surface area contributed by atoms with Crippen molar-refractivity contribution in [3.63, 3.8) is 0 Å². The first-order valence-electron chi connectivity index (χ1n) is 4.96. The van der Waals surface area contributed by atoms with Gasteiger partial charge in [0.1, 0.15) is 0 Å². The van der Waals surface area contributed by atoms with E-state index in [1.807, 2.05) is 0 Å². The van der Waals surface area contributed by atoms with Gasteiger partial charge in [-0.15, -0.1) is 12.3 Å². The monoisotopic (exact) mass is 168 g/mol. The maximum Gasteiger partial charge on any atom is 0.0767 e. The van der Waals surface area contributed by atoms with Crippen molar-refractivity contribution in [2.45, 2.75) is 50.7 Å². The van der Waals surface area contributed by atoms with Crippen LogP contribution in [-0.4, -0.2) is 8.07 Å². The highest BCUT2D eigenvalue weighted by atomic mass is 28.3. The Labute approximate surface area is 71.7 Å². The van der Waals surface area contributed by atoms with Crippen LogP contribution in [0.2, 0.25) is 18.1 Å². The largest absolute Gasteiger partial charge is 0.107 e. The topological polar surface area (TPSA) is 0 Å². The SMILES string of the molecule is C=C[Si]1(CC)CCCCCC1. The predicted octanol–water partition coefficient (Wildman–Crippen LogP) is 3.75. The van der Waals surface area contributed by atoms with Gasteiger partial charge in [-0.05, 0) is 0 Å². The molecular weight excluding hydrogens is 148 g/mol. The molecule has 64 valence electrons. The quantitative estimate of drug-likeness (QED) is 0.551. The highest BCUT2D eigenvalue weighted by Crippen LogP contribution is 2.30. The minimum atomic E-state index is -0.917. The molecule has 0 aromatic rings. The van der Waals surface area contributed by atoms with Crippen molar-refractivity contribution in [2.24, 2.45) is 0 Å². The van der Waals surface area contributed by atoms with Gasteiger partial charge in [-0.25, -0.2) is 0 Å². The Morgan fingerprint density at radius 1 is 1.18 bits per heavy atom. The van der Waals surface area contributed by atoms with E-state index in [-0.39, 0.29) is 0 Å². The van der Waals surface area contributed by atoms with E-state index in [1.54, 1.807) is 0 Å². The Morgan fingerprint density at radius 3 is 2.09 bits per heavy atom. The summed E-state index contributed by atoms with van der Waals surface area (Å²) in [5, 5.41) is 0. The number of hydrogen-bond donors (Lipinski definition) is 0. The summed E-state index contributed by atoms with van der Waals surface area (Å²) in [6.45, 7) is 6.39. The van der Waals surface area contributed by atoms with Crippen LogP contribution >= 0.6 is 0 Å². The molecule has 0 unspecified atom stereocenters.